The van der Waals surface area contributed by atoms with Crippen molar-refractivity contribution in [2.75, 3.05) is 16.8 Å². The third-order valence-electron chi connectivity index (χ3n) is 6.38. The fraction of sp³-hybridized carbons (Fsp3) is 0.500. The summed E-state index contributed by atoms with van der Waals surface area (Å²) in [4.78, 5) is 27.8. The molecule has 1 saturated carbocycles. The standard InChI is InChI=1S/C28H36F2N2O3S/c1-18(2)17-32(21-8-6-5-7-9-21)25-13-12-22(36-28(3,4)27(34)35)16-24(25)31-26(33)14-19-10-11-20(29)15-23(19)30/h10-13,15-16,18,21H,5-9,14,17H2,1-4H3,(H,31,33)(H,34,35). The van der Waals surface area contributed by atoms with Gasteiger partial charge in [-0.05, 0) is 62.4 Å². The maximum Gasteiger partial charge on any atom is 0.319 e. The number of halogens is 2. The molecule has 0 unspecified atom stereocenters. The molecular formula is C28H36F2N2O3S. The van der Waals surface area contributed by atoms with Crippen molar-refractivity contribution >= 4 is 35.0 Å². The monoisotopic (exact) mass is 518 g/mol. The fourth-order valence-corrected chi connectivity index (χ4v) is 5.52. The van der Waals surface area contributed by atoms with E-state index in [1.165, 1.54) is 24.2 Å². The number of rotatable bonds is 10. The quantitative estimate of drug-likeness (QED) is 0.335. The van der Waals surface area contributed by atoms with Crippen LogP contribution < -0.4 is 10.2 Å². The number of aliphatic carboxylic acids is 1. The Balaban J connectivity index is 1.96. The highest BCUT2D eigenvalue weighted by atomic mass is 32.2. The Bertz CT molecular complexity index is 1080. The largest absolute Gasteiger partial charge is 0.480 e. The van der Waals surface area contributed by atoms with Crippen LogP contribution in [0.25, 0.3) is 0 Å². The van der Waals surface area contributed by atoms with Gasteiger partial charge in [0.1, 0.15) is 16.4 Å². The van der Waals surface area contributed by atoms with Crippen LogP contribution in [-0.2, 0) is 16.0 Å². The van der Waals surface area contributed by atoms with Crippen LogP contribution in [0, 0.1) is 17.6 Å². The number of carboxylic acid groups (broad SMARTS) is 1. The minimum Gasteiger partial charge on any atom is -0.480 e. The fourth-order valence-electron chi connectivity index (χ4n) is 4.53. The van der Waals surface area contributed by atoms with Gasteiger partial charge in [0.15, 0.2) is 0 Å². The van der Waals surface area contributed by atoms with E-state index in [0.29, 0.717) is 22.5 Å². The summed E-state index contributed by atoms with van der Waals surface area (Å²) < 4.78 is 26.4. The zero-order valence-electron chi connectivity index (χ0n) is 21.4. The van der Waals surface area contributed by atoms with E-state index >= 15 is 0 Å². The van der Waals surface area contributed by atoms with Crippen LogP contribution in [0.4, 0.5) is 20.2 Å². The molecule has 2 aromatic rings. The Morgan fingerprint density at radius 2 is 1.81 bits per heavy atom. The highest BCUT2D eigenvalue weighted by Gasteiger charge is 2.30. The van der Waals surface area contributed by atoms with Crippen molar-refractivity contribution in [1.82, 2.24) is 0 Å². The maximum absolute atomic E-state index is 14.2. The first-order valence-corrected chi connectivity index (χ1v) is 13.3. The van der Waals surface area contributed by atoms with Crippen molar-refractivity contribution in [3.05, 3.63) is 53.6 Å². The van der Waals surface area contributed by atoms with Crippen LogP contribution in [-0.4, -0.2) is 34.3 Å². The summed E-state index contributed by atoms with van der Waals surface area (Å²) in [7, 11) is 0. The van der Waals surface area contributed by atoms with Crippen LogP contribution in [0.3, 0.4) is 0 Å². The molecule has 2 aromatic carbocycles. The second-order valence-electron chi connectivity index (χ2n) is 10.4. The smallest absolute Gasteiger partial charge is 0.319 e. The van der Waals surface area contributed by atoms with Crippen LogP contribution in [0.1, 0.15) is 65.4 Å². The third-order valence-corrected chi connectivity index (χ3v) is 7.56. The molecule has 5 nitrogen and oxygen atoms in total. The van der Waals surface area contributed by atoms with Crippen molar-refractivity contribution in [3.63, 3.8) is 0 Å². The molecule has 0 heterocycles. The number of benzene rings is 2. The SMILES string of the molecule is CC(C)CN(c1ccc(SC(C)(C)C(=O)O)cc1NC(=O)Cc1ccc(F)cc1F)C1CCCCC1. The normalized spacial score (nSPS) is 14.6. The van der Waals surface area contributed by atoms with Gasteiger partial charge in [0.25, 0.3) is 0 Å². The van der Waals surface area contributed by atoms with E-state index in [1.54, 1.807) is 19.9 Å². The lowest BCUT2D eigenvalue weighted by molar-refractivity contribution is -0.138. The molecule has 0 aromatic heterocycles. The van der Waals surface area contributed by atoms with Crippen LogP contribution in [0.5, 0.6) is 0 Å². The van der Waals surface area contributed by atoms with Gasteiger partial charge in [-0.3, -0.25) is 9.59 Å². The third kappa shape index (κ3) is 7.45. The maximum atomic E-state index is 14.2. The Hall–Kier alpha value is -2.61. The molecule has 3 rings (SSSR count). The highest BCUT2D eigenvalue weighted by Crippen LogP contribution is 2.39. The lowest BCUT2D eigenvalue weighted by Gasteiger charge is -2.38. The van der Waals surface area contributed by atoms with Crippen molar-refractivity contribution in [1.29, 1.82) is 0 Å². The summed E-state index contributed by atoms with van der Waals surface area (Å²) in [5.74, 6) is -2.42. The molecule has 1 aliphatic rings. The summed E-state index contributed by atoms with van der Waals surface area (Å²) in [6, 6.07) is 9.18. The zero-order valence-corrected chi connectivity index (χ0v) is 22.3. The minimum absolute atomic E-state index is 0.110. The molecule has 8 heteroatoms. The average molecular weight is 519 g/mol. The molecular weight excluding hydrogens is 482 g/mol. The van der Waals surface area contributed by atoms with E-state index in [0.717, 1.165) is 50.0 Å². The van der Waals surface area contributed by atoms with E-state index in [2.05, 4.69) is 24.1 Å². The van der Waals surface area contributed by atoms with E-state index in [1.807, 2.05) is 12.1 Å². The second kappa shape index (κ2) is 12.1. The van der Waals surface area contributed by atoms with Crippen molar-refractivity contribution in [2.24, 2.45) is 5.92 Å². The number of nitrogens with one attached hydrogen (secondary N) is 1. The number of amides is 1. The Morgan fingerprint density at radius 3 is 2.42 bits per heavy atom. The number of hydrogen-bond donors (Lipinski definition) is 2. The first-order valence-electron chi connectivity index (χ1n) is 12.5. The molecule has 0 saturated heterocycles. The summed E-state index contributed by atoms with van der Waals surface area (Å²) >= 11 is 1.20. The number of thioether (sulfide) groups is 1. The molecule has 1 fully saturated rings. The van der Waals surface area contributed by atoms with Gasteiger partial charge in [0.05, 0.1) is 17.8 Å². The lowest BCUT2D eigenvalue weighted by Crippen LogP contribution is -2.40. The molecule has 1 aliphatic carbocycles. The summed E-state index contributed by atoms with van der Waals surface area (Å²) in [6.07, 6.45) is 5.44. The van der Waals surface area contributed by atoms with E-state index in [4.69, 9.17) is 0 Å². The van der Waals surface area contributed by atoms with Gasteiger partial charge in [0, 0.05) is 23.5 Å². The van der Waals surface area contributed by atoms with Crippen LogP contribution >= 0.6 is 11.8 Å². The highest BCUT2D eigenvalue weighted by molar-refractivity contribution is 8.01. The molecule has 196 valence electrons. The Labute approximate surface area is 216 Å². The summed E-state index contributed by atoms with van der Waals surface area (Å²) in [5.41, 5.74) is 1.56. The molecule has 36 heavy (non-hydrogen) atoms. The molecule has 0 atom stereocenters. The number of anilines is 2. The Kier molecular flexibility index (Phi) is 9.39. The molecule has 2 N–H and O–H groups in total. The predicted molar refractivity (Wildman–Crippen MR) is 142 cm³/mol. The van der Waals surface area contributed by atoms with E-state index in [-0.39, 0.29) is 12.0 Å². The van der Waals surface area contributed by atoms with Crippen LogP contribution in [0.2, 0.25) is 0 Å². The molecule has 0 aliphatic heterocycles. The Morgan fingerprint density at radius 1 is 1.11 bits per heavy atom. The first kappa shape index (κ1) is 28.0. The van der Waals surface area contributed by atoms with Gasteiger partial charge in [-0.1, -0.05) is 39.2 Å². The van der Waals surface area contributed by atoms with Gasteiger partial charge in [0.2, 0.25) is 5.91 Å². The van der Waals surface area contributed by atoms with E-state index < -0.39 is 28.3 Å². The first-order chi connectivity index (χ1) is 17.0. The van der Waals surface area contributed by atoms with Gasteiger partial charge in [-0.25, -0.2) is 8.78 Å². The van der Waals surface area contributed by atoms with Gasteiger partial charge in [-0.2, -0.15) is 0 Å². The zero-order chi connectivity index (χ0) is 26.5. The average Bonchev–Trinajstić information content (AvgIpc) is 2.80. The molecule has 0 bridgehead atoms. The van der Waals surface area contributed by atoms with Gasteiger partial charge in [-0.15, -0.1) is 11.8 Å². The number of hydrogen-bond acceptors (Lipinski definition) is 4. The lowest BCUT2D eigenvalue weighted by atomic mass is 9.93. The van der Waals surface area contributed by atoms with Gasteiger partial charge < -0.3 is 15.3 Å². The molecule has 1 amide bonds. The summed E-state index contributed by atoms with van der Waals surface area (Å²) in [6.45, 7) is 8.40. The summed E-state index contributed by atoms with van der Waals surface area (Å²) in [5, 5.41) is 12.5. The van der Waals surface area contributed by atoms with Crippen molar-refractivity contribution in [2.45, 2.75) is 81.9 Å². The number of carbonyl (C=O) groups is 2. The van der Waals surface area contributed by atoms with E-state index in [9.17, 15) is 23.5 Å². The topological polar surface area (TPSA) is 69.6 Å². The van der Waals surface area contributed by atoms with Crippen molar-refractivity contribution < 1.29 is 23.5 Å². The van der Waals surface area contributed by atoms with Crippen molar-refractivity contribution in [3.8, 4) is 0 Å². The van der Waals surface area contributed by atoms with Gasteiger partial charge >= 0.3 is 5.97 Å². The second-order valence-corrected chi connectivity index (χ2v) is 12.1. The minimum atomic E-state index is -1.05. The number of carbonyl (C=O) groups excluding carboxylic acids is 1. The molecule has 0 radical (unpaired) electrons. The predicted octanol–water partition coefficient (Wildman–Crippen LogP) is 6.90. The van der Waals surface area contributed by atoms with Crippen LogP contribution in [0.15, 0.2) is 41.3 Å². The molecule has 0 spiro atoms. The number of carboxylic acids is 1. The number of nitrogens with zero attached hydrogens (tertiary/aromatic N) is 1.